The first-order valence-corrected chi connectivity index (χ1v) is 8.84. The predicted octanol–water partition coefficient (Wildman–Crippen LogP) is 1.32. The molecule has 1 heterocycles. The minimum absolute atomic E-state index is 0.00661. The standard InChI is InChI=1S/C14H20N2O3S/c1-15-20(17,18)11-5-4-10(19-11)7-16-14-12-8-2-3-9(6-8)13(12)14/h4-5,8-9,12-16H,2-3,6-7H2,1H3. The van der Waals surface area contributed by atoms with Gasteiger partial charge in [0.2, 0.25) is 5.09 Å². The van der Waals surface area contributed by atoms with Crippen LogP contribution in [0.1, 0.15) is 25.0 Å². The maximum atomic E-state index is 11.6. The molecule has 3 aliphatic rings. The van der Waals surface area contributed by atoms with Crippen LogP contribution in [-0.4, -0.2) is 21.5 Å². The van der Waals surface area contributed by atoms with E-state index in [4.69, 9.17) is 4.42 Å². The van der Waals surface area contributed by atoms with Crippen LogP contribution in [0.15, 0.2) is 21.6 Å². The highest BCUT2D eigenvalue weighted by molar-refractivity contribution is 7.89. The SMILES string of the molecule is CNS(=O)(=O)c1ccc(CNC2C3C4CCC(C4)C23)o1. The quantitative estimate of drug-likeness (QED) is 0.860. The van der Waals surface area contributed by atoms with E-state index in [0.29, 0.717) is 18.3 Å². The van der Waals surface area contributed by atoms with E-state index >= 15 is 0 Å². The van der Waals surface area contributed by atoms with Crippen LogP contribution in [0.5, 0.6) is 0 Å². The van der Waals surface area contributed by atoms with Crippen molar-refractivity contribution in [1.29, 1.82) is 0 Å². The average molecular weight is 296 g/mol. The Hall–Kier alpha value is -0.850. The highest BCUT2D eigenvalue weighted by Crippen LogP contribution is 2.65. The summed E-state index contributed by atoms with van der Waals surface area (Å²) in [7, 11) is -2.08. The monoisotopic (exact) mass is 296 g/mol. The maximum Gasteiger partial charge on any atom is 0.273 e. The number of hydrogen-bond acceptors (Lipinski definition) is 4. The molecule has 4 atom stereocenters. The molecule has 0 aromatic carbocycles. The number of rotatable bonds is 5. The fourth-order valence-electron chi connectivity index (χ4n) is 4.51. The van der Waals surface area contributed by atoms with Crippen molar-refractivity contribution in [2.45, 2.75) is 36.9 Å². The first-order chi connectivity index (χ1) is 9.60. The van der Waals surface area contributed by atoms with Gasteiger partial charge in [0.25, 0.3) is 10.0 Å². The van der Waals surface area contributed by atoms with Gasteiger partial charge in [-0.25, -0.2) is 13.1 Å². The maximum absolute atomic E-state index is 11.6. The van der Waals surface area contributed by atoms with Gasteiger partial charge >= 0.3 is 0 Å². The lowest BCUT2D eigenvalue weighted by Gasteiger charge is -2.09. The van der Waals surface area contributed by atoms with Gasteiger partial charge in [-0.1, -0.05) is 0 Å². The van der Waals surface area contributed by atoms with Crippen molar-refractivity contribution in [2.75, 3.05) is 7.05 Å². The topological polar surface area (TPSA) is 71.3 Å². The molecule has 4 rings (SSSR count). The van der Waals surface area contributed by atoms with E-state index in [2.05, 4.69) is 10.0 Å². The first-order valence-electron chi connectivity index (χ1n) is 7.36. The van der Waals surface area contributed by atoms with E-state index in [9.17, 15) is 8.42 Å². The molecule has 0 amide bonds. The Balaban J connectivity index is 1.37. The van der Waals surface area contributed by atoms with Gasteiger partial charge in [0.15, 0.2) is 0 Å². The number of furan rings is 1. The van der Waals surface area contributed by atoms with Crippen LogP contribution in [0.4, 0.5) is 0 Å². The minimum atomic E-state index is -3.47. The van der Waals surface area contributed by atoms with Crippen LogP contribution in [0.3, 0.4) is 0 Å². The molecule has 6 heteroatoms. The zero-order valence-corrected chi connectivity index (χ0v) is 12.3. The molecule has 1 aromatic rings. The molecule has 1 aromatic heterocycles. The van der Waals surface area contributed by atoms with Crippen LogP contribution in [0.25, 0.3) is 0 Å². The lowest BCUT2D eigenvalue weighted by Crippen LogP contribution is -2.22. The highest BCUT2D eigenvalue weighted by atomic mass is 32.2. The van der Waals surface area contributed by atoms with Gasteiger partial charge in [-0.05, 0) is 62.1 Å². The van der Waals surface area contributed by atoms with E-state index in [-0.39, 0.29) is 5.09 Å². The fraction of sp³-hybridized carbons (Fsp3) is 0.714. The van der Waals surface area contributed by atoms with E-state index in [0.717, 1.165) is 23.7 Å². The highest BCUT2D eigenvalue weighted by Gasteiger charge is 2.64. The molecular weight excluding hydrogens is 276 g/mol. The summed E-state index contributed by atoms with van der Waals surface area (Å²) in [6.07, 6.45) is 4.27. The summed E-state index contributed by atoms with van der Waals surface area (Å²) in [5.74, 6) is 4.34. The molecule has 0 saturated heterocycles. The van der Waals surface area contributed by atoms with Crippen LogP contribution >= 0.6 is 0 Å². The molecule has 110 valence electrons. The van der Waals surface area contributed by atoms with Crippen molar-refractivity contribution < 1.29 is 12.8 Å². The molecule has 0 radical (unpaired) electrons. The van der Waals surface area contributed by atoms with E-state index < -0.39 is 10.0 Å². The molecule has 2 N–H and O–H groups in total. The third-order valence-electron chi connectivity index (χ3n) is 5.42. The van der Waals surface area contributed by atoms with Gasteiger partial charge in [-0.15, -0.1) is 0 Å². The molecule has 0 aliphatic heterocycles. The predicted molar refractivity (Wildman–Crippen MR) is 73.4 cm³/mol. The number of fused-ring (bicyclic) bond motifs is 5. The molecule has 5 nitrogen and oxygen atoms in total. The summed E-state index contributed by atoms with van der Waals surface area (Å²) < 4.78 is 30.8. The molecule has 0 spiro atoms. The molecule has 3 fully saturated rings. The van der Waals surface area contributed by atoms with Crippen molar-refractivity contribution in [3.63, 3.8) is 0 Å². The summed E-state index contributed by atoms with van der Waals surface area (Å²) in [5, 5.41) is 3.54. The number of hydrogen-bond donors (Lipinski definition) is 2. The van der Waals surface area contributed by atoms with Crippen LogP contribution in [0.2, 0.25) is 0 Å². The summed E-state index contributed by atoms with van der Waals surface area (Å²) in [5.41, 5.74) is 0. The lowest BCUT2D eigenvalue weighted by molar-refractivity contribution is 0.386. The Labute approximate surface area is 119 Å². The van der Waals surface area contributed by atoms with Crippen molar-refractivity contribution in [2.24, 2.45) is 23.7 Å². The van der Waals surface area contributed by atoms with Crippen molar-refractivity contribution in [1.82, 2.24) is 10.0 Å². The fourth-order valence-corrected chi connectivity index (χ4v) is 5.18. The van der Waals surface area contributed by atoms with Crippen molar-refractivity contribution in [3.05, 3.63) is 17.9 Å². The second-order valence-electron chi connectivity index (χ2n) is 6.32. The van der Waals surface area contributed by atoms with Gasteiger partial charge in [0.05, 0.1) is 6.54 Å². The van der Waals surface area contributed by atoms with Gasteiger partial charge < -0.3 is 9.73 Å². The number of nitrogens with one attached hydrogen (secondary N) is 2. The second kappa shape index (κ2) is 4.32. The van der Waals surface area contributed by atoms with Gasteiger partial charge in [-0.2, -0.15) is 0 Å². The first kappa shape index (κ1) is 12.9. The van der Waals surface area contributed by atoms with E-state index in [1.54, 1.807) is 6.07 Å². The lowest BCUT2D eigenvalue weighted by atomic mass is 10.0. The van der Waals surface area contributed by atoms with Crippen LogP contribution in [-0.2, 0) is 16.6 Å². The molecule has 2 bridgehead atoms. The summed E-state index contributed by atoms with van der Waals surface area (Å²) >= 11 is 0. The molecular formula is C14H20N2O3S. The number of sulfonamides is 1. The summed E-state index contributed by atoms with van der Waals surface area (Å²) in [6.45, 7) is 0.621. The Morgan fingerprint density at radius 1 is 1.25 bits per heavy atom. The van der Waals surface area contributed by atoms with Crippen molar-refractivity contribution >= 4 is 10.0 Å². The van der Waals surface area contributed by atoms with E-state index in [1.165, 1.54) is 32.4 Å². The third kappa shape index (κ3) is 1.85. The Kier molecular flexibility index (Phi) is 2.78. The zero-order chi connectivity index (χ0) is 13.9. The van der Waals surface area contributed by atoms with E-state index in [1.807, 2.05) is 0 Å². The second-order valence-corrected chi connectivity index (χ2v) is 8.14. The third-order valence-corrected chi connectivity index (χ3v) is 6.70. The smallest absolute Gasteiger partial charge is 0.273 e. The Morgan fingerprint density at radius 3 is 2.60 bits per heavy atom. The van der Waals surface area contributed by atoms with Gasteiger partial charge in [-0.3, -0.25) is 0 Å². The van der Waals surface area contributed by atoms with Gasteiger partial charge in [0, 0.05) is 6.04 Å². The molecule has 20 heavy (non-hydrogen) atoms. The minimum Gasteiger partial charge on any atom is -0.447 e. The van der Waals surface area contributed by atoms with Crippen LogP contribution in [0, 0.1) is 23.7 Å². The molecule has 4 unspecified atom stereocenters. The normalized spacial score (nSPS) is 38.1. The largest absolute Gasteiger partial charge is 0.447 e. The summed E-state index contributed by atoms with van der Waals surface area (Å²) in [6, 6.07) is 3.89. The Morgan fingerprint density at radius 2 is 1.95 bits per heavy atom. The van der Waals surface area contributed by atoms with Crippen LogP contribution < -0.4 is 10.0 Å². The average Bonchev–Trinajstić information content (AvgIpc) is 2.87. The van der Waals surface area contributed by atoms with Gasteiger partial charge in [0.1, 0.15) is 5.76 Å². The zero-order valence-electron chi connectivity index (χ0n) is 11.5. The molecule has 3 aliphatic carbocycles. The summed E-state index contributed by atoms with van der Waals surface area (Å²) in [4.78, 5) is 0. The Bertz CT molecular complexity index is 608. The van der Waals surface area contributed by atoms with Crippen molar-refractivity contribution in [3.8, 4) is 0 Å². The molecule has 3 saturated carbocycles.